The number of hydrogen-bond acceptors (Lipinski definition) is 5. The van der Waals surface area contributed by atoms with Crippen LogP contribution in [0.5, 0.6) is 0 Å². The lowest BCUT2D eigenvalue weighted by molar-refractivity contribution is -0.0365. The number of pyridine rings is 1. The second kappa shape index (κ2) is 6.13. The third-order valence-electron chi connectivity index (χ3n) is 2.90. The van der Waals surface area contributed by atoms with Crippen LogP contribution >= 0.6 is 0 Å². The predicted octanol–water partition coefficient (Wildman–Crippen LogP) is 1.62. The predicted molar refractivity (Wildman–Crippen MR) is 73.6 cm³/mol. The highest BCUT2D eigenvalue weighted by Crippen LogP contribution is 2.34. The summed E-state index contributed by atoms with van der Waals surface area (Å²) in [5.74, 6) is 5.69. The fourth-order valence-electron chi connectivity index (χ4n) is 2.04. The Balaban J connectivity index is 3.10. The van der Waals surface area contributed by atoms with Crippen molar-refractivity contribution in [2.75, 3.05) is 12.3 Å². The van der Waals surface area contributed by atoms with E-state index in [2.05, 4.69) is 31.2 Å². The van der Waals surface area contributed by atoms with Crippen molar-refractivity contribution in [3.63, 3.8) is 0 Å². The van der Waals surface area contributed by atoms with E-state index in [1.54, 1.807) is 18.5 Å². The Labute approximate surface area is 109 Å². The van der Waals surface area contributed by atoms with Gasteiger partial charge in [0.15, 0.2) is 0 Å². The lowest BCUT2D eigenvalue weighted by Crippen LogP contribution is -2.45. The van der Waals surface area contributed by atoms with E-state index in [1.165, 1.54) is 0 Å². The molecule has 2 atom stereocenters. The van der Waals surface area contributed by atoms with E-state index >= 15 is 0 Å². The molecule has 0 saturated heterocycles. The van der Waals surface area contributed by atoms with Crippen LogP contribution in [0.3, 0.4) is 0 Å². The van der Waals surface area contributed by atoms with E-state index in [4.69, 9.17) is 16.3 Å². The van der Waals surface area contributed by atoms with Crippen LogP contribution in [0.2, 0.25) is 0 Å². The van der Waals surface area contributed by atoms with E-state index in [0.717, 1.165) is 5.56 Å². The quantitative estimate of drug-likeness (QED) is 0.547. The zero-order valence-corrected chi connectivity index (χ0v) is 11.6. The summed E-state index contributed by atoms with van der Waals surface area (Å²) >= 11 is 0. The van der Waals surface area contributed by atoms with E-state index in [0.29, 0.717) is 12.3 Å². The molecule has 5 nitrogen and oxygen atoms in total. The number of hydrazine groups is 1. The Morgan fingerprint density at radius 3 is 2.56 bits per heavy atom. The molecule has 0 aliphatic heterocycles. The average molecular weight is 252 g/mol. The normalized spacial score (nSPS) is 15.4. The number of anilines is 1. The minimum absolute atomic E-state index is 0.0602. The molecule has 5 N–H and O–H groups in total. The number of nitrogens with one attached hydrogen (secondary N) is 1. The Morgan fingerprint density at radius 1 is 1.44 bits per heavy atom. The van der Waals surface area contributed by atoms with Crippen LogP contribution in [-0.4, -0.2) is 17.7 Å². The summed E-state index contributed by atoms with van der Waals surface area (Å²) in [4.78, 5) is 4.11. The fourth-order valence-corrected chi connectivity index (χ4v) is 2.04. The van der Waals surface area contributed by atoms with Gasteiger partial charge in [0.05, 0.1) is 12.1 Å². The lowest BCUT2D eigenvalue weighted by atomic mass is 9.82. The number of nitrogens with two attached hydrogens (primary N) is 2. The van der Waals surface area contributed by atoms with Crippen molar-refractivity contribution in [1.82, 2.24) is 10.4 Å². The van der Waals surface area contributed by atoms with Crippen LogP contribution in [-0.2, 0) is 4.74 Å². The minimum atomic E-state index is -0.182. The second-order valence-corrected chi connectivity index (χ2v) is 5.39. The molecular weight excluding hydrogens is 228 g/mol. The maximum Gasteiger partial charge on any atom is 0.0831 e. The van der Waals surface area contributed by atoms with Gasteiger partial charge in [0.2, 0.25) is 0 Å². The first-order valence-electron chi connectivity index (χ1n) is 6.19. The van der Waals surface area contributed by atoms with Crippen LogP contribution in [0, 0.1) is 5.41 Å². The van der Waals surface area contributed by atoms with Gasteiger partial charge in [-0.05, 0) is 18.4 Å². The van der Waals surface area contributed by atoms with Crippen molar-refractivity contribution in [3.8, 4) is 0 Å². The third kappa shape index (κ3) is 3.41. The van der Waals surface area contributed by atoms with Crippen molar-refractivity contribution >= 4 is 5.69 Å². The Kier molecular flexibility index (Phi) is 5.07. The molecule has 1 rings (SSSR count). The molecule has 0 bridgehead atoms. The van der Waals surface area contributed by atoms with Gasteiger partial charge in [-0.3, -0.25) is 16.3 Å². The monoisotopic (exact) mass is 252 g/mol. The lowest BCUT2D eigenvalue weighted by Gasteiger charge is -2.36. The van der Waals surface area contributed by atoms with Gasteiger partial charge >= 0.3 is 0 Å². The van der Waals surface area contributed by atoms with Crippen molar-refractivity contribution < 1.29 is 4.74 Å². The summed E-state index contributed by atoms with van der Waals surface area (Å²) in [6.45, 7) is 8.94. The number of nitrogens with zero attached hydrogens (tertiary/aromatic N) is 1. The molecule has 0 radical (unpaired) electrons. The van der Waals surface area contributed by atoms with Crippen LogP contribution in [0.4, 0.5) is 5.69 Å². The highest BCUT2D eigenvalue weighted by atomic mass is 16.5. The highest BCUT2D eigenvalue weighted by Gasteiger charge is 2.34. The van der Waals surface area contributed by atoms with Gasteiger partial charge in [-0.15, -0.1) is 0 Å². The van der Waals surface area contributed by atoms with Gasteiger partial charge in [0.25, 0.3) is 0 Å². The summed E-state index contributed by atoms with van der Waals surface area (Å²) in [6.07, 6.45) is 3.32. The van der Waals surface area contributed by atoms with Crippen LogP contribution in [0.15, 0.2) is 18.5 Å². The standard InChI is InChI=1S/C13H24N4O/c1-5-18-12(13(2,3)4)11(17-15)9-8-16-7-6-10(9)14/h6-8,11-12,17H,5,15H2,1-4H3,(H2,14,16). The number of ether oxygens (including phenoxy) is 1. The van der Waals surface area contributed by atoms with Crippen molar-refractivity contribution in [1.29, 1.82) is 0 Å². The van der Waals surface area contributed by atoms with Crippen LogP contribution in [0.25, 0.3) is 0 Å². The van der Waals surface area contributed by atoms with E-state index < -0.39 is 0 Å². The van der Waals surface area contributed by atoms with Crippen LogP contribution in [0.1, 0.15) is 39.3 Å². The fraction of sp³-hybridized carbons (Fsp3) is 0.615. The number of aromatic nitrogens is 1. The van der Waals surface area contributed by atoms with E-state index in [9.17, 15) is 0 Å². The molecule has 1 aromatic rings. The zero-order valence-electron chi connectivity index (χ0n) is 11.6. The minimum Gasteiger partial charge on any atom is -0.398 e. The smallest absolute Gasteiger partial charge is 0.0831 e. The summed E-state index contributed by atoms with van der Waals surface area (Å²) in [6, 6.07) is 1.59. The van der Waals surface area contributed by atoms with Crippen molar-refractivity contribution in [2.45, 2.75) is 39.8 Å². The SMILES string of the molecule is CCOC(C(NN)c1cnccc1N)C(C)(C)C. The summed E-state index contributed by atoms with van der Waals surface area (Å²) in [5.41, 5.74) is 10.3. The molecule has 1 aromatic heterocycles. The molecule has 5 heteroatoms. The summed E-state index contributed by atoms with van der Waals surface area (Å²) in [5, 5.41) is 0. The Hall–Kier alpha value is -1.17. The molecule has 0 aliphatic rings. The first-order chi connectivity index (χ1) is 8.41. The zero-order chi connectivity index (χ0) is 13.8. The van der Waals surface area contributed by atoms with Gasteiger partial charge in [0.1, 0.15) is 0 Å². The molecular formula is C13H24N4O. The molecule has 0 fully saturated rings. The number of nitrogen functional groups attached to an aromatic ring is 1. The molecule has 18 heavy (non-hydrogen) atoms. The van der Waals surface area contributed by atoms with Crippen molar-refractivity contribution in [2.24, 2.45) is 11.3 Å². The molecule has 102 valence electrons. The topological polar surface area (TPSA) is 86.2 Å². The van der Waals surface area contributed by atoms with Gasteiger partial charge in [-0.2, -0.15) is 0 Å². The molecule has 1 heterocycles. The van der Waals surface area contributed by atoms with Gasteiger partial charge in [-0.1, -0.05) is 20.8 Å². The van der Waals surface area contributed by atoms with Crippen molar-refractivity contribution in [3.05, 3.63) is 24.0 Å². The Morgan fingerprint density at radius 2 is 2.11 bits per heavy atom. The van der Waals surface area contributed by atoms with E-state index in [1.807, 2.05) is 6.92 Å². The van der Waals surface area contributed by atoms with Gasteiger partial charge in [-0.25, -0.2) is 0 Å². The third-order valence-corrected chi connectivity index (χ3v) is 2.90. The number of rotatable bonds is 5. The average Bonchev–Trinajstić information content (AvgIpc) is 2.30. The molecule has 0 spiro atoms. The molecule has 0 aromatic carbocycles. The first-order valence-corrected chi connectivity index (χ1v) is 6.19. The molecule has 2 unspecified atom stereocenters. The summed E-state index contributed by atoms with van der Waals surface area (Å²) in [7, 11) is 0. The summed E-state index contributed by atoms with van der Waals surface area (Å²) < 4.78 is 5.84. The molecule has 0 saturated carbocycles. The maximum absolute atomic E-state index is 5.98. The van der Waals surface area contributed by atoms with E-state index in [-0.39, 0.29) is 17.6 Å². The van der Waals surface area contributed by atoms with Gasteiger partial charge in [0, 0.05) is 30.3 Å². The first kappa shape index (κ1) is 14.9. The second-order valence-electron chi connectivity index (χ2n) is 5.39. The molecule has 0 aliphatic carbocycles. The highest BCUT2D eigenvalue weighted by molar-refractivity contribution is 5.46. The maximum atomic E-state index is 5.98. The van der Waals surface area contributed by atoms with Gasteiger partial charge < -0.3 is 10.5 Å². The largest absolute Gasteiger partial charge is 0.398 e. The van der Waals surface area contributed by atoms with Crippen LogP contribution < -0.4 is 17.0 Å². The number of hydrogen-bond donors (Lipinski definition) is 3. The Bertz CT molecular complexity index is 375. The molecule has 0 amide bonds.